The third-order valence-corrected chi connectivity index (χ3v) is 8.14. The molecule has 1 aliphatic heterocycles. The second-order valence-electron chi connectivity index (χ2n) is 11.4. The summed E-state index contributed by atoms with van der Waals surface area (Å²) in [6.45, 7) is 6.47. The highest BCUT2D eigenvalue weighted by molar-refractivity contribution is 7.07. The molecule has 2 heterocycles. The molecule has 44 heavy (non-hydrogen) atoms. The fourth-order valence-corrected chi connectivity index (χ4v) is 5.43. The minimum atomic E-state index is -0.980. The first-order valence-corrected chi connectivity index (χ1v) is 15.9. The van der Waals surface area contributed by atoms with E-state index >= 15 is 0 Å². The lowest BCUT2D eigenvalue weighted by Crippen LogP contribution is -2.57. The number of carbonyl (C=O) groups is 5. The van der Waals surface area contributed by atoms with Crippen LogP contribution in [0.2, 0.25) is 0 Å². The molecule has 5 amide bonds. The summed E-state index contributed by atoms with van der Waals surface area (Å²) in [4.78, 5) is 73.5. The van der Waals surface area contributed by atoms with E-state index in [1.165, 1.54) is 23.3 Å². The summed E-state index contributed by atoms with van der Waals surface area (Å²) in [6.07, 6.45) is 1.51. The molecule has 240 valence electrons. The van der Waals surface area contributed by atoms with Gasteiger partial charge in [-0.05, 0) is 49.8 Å². The van der Waals surface area contributed by atoms with Crippen LogP contribution in [0.5, 0.6) is 5.75 Å². The van der Waals surface area contributed by atoms with Crippen LogP contribution in [0, 0.1) is 5.92 Å². The summed E-state index contributed by atoms with van der Waals surface area (Å²) in [5, 5.41) is 10.2. The van der Waals surface area contributed by atoms with E-state index in [0.29, 0.717) is 43.8 Å². The number of aromatic nitrogens is 1. The van der Waals surface area contributed by atoms with Crippen LogP contribution in [-0.2, 0) is 25.6 Å². The third-order valence-electron chi connectivity index (χ3n) is 7.55. The molecule has 1 saturated heterocycles. The minimum Gasteiger partial charge on any atom is -0.497 e. The van der Waals surface area contributed by atoms with E-state index in [2.05, 4.69) is 20.9 Å². The summed E-state index contributed by atoms with van der Waals surface area (Å²) >= 11 is 1.32. The number of ether oxygens (including phenoxy) is 1. The molecule has 2 aromatic rings. The van der Waals surface area contributed by atoms with Crippen molar-refractivity contribution in [1.82, 2.24) is 30.7 Å². The van der Waals surface area contributed by atoms with Gasteiger partial charge < -0.3 is 30.5 Å². The molecule has 0 spiro atoms. The van der Waals surface area contributed by atoms with Gasteiger partial charge in [-0.3, -0.25) is 24.0 Å². The van der Waals surface area contributed by atoms with Crippen molar-refractivity contribution in [1.29, 1.82) is 0 Å². The van der Waals surface area contributed by atoms with E-state index < -0.39 is 29.9 Å². The van der Waals surface area contributed by atoms with Crippen molar-refractivity contribution in [2.75, 3.05) is 33.8 Å². The molecule has 3 atom stereocenters. The van der Waals surface area contributed by atoms with Crippen molar-refractivity contribution in [2.24, 2.45) is 5.92 Å². The van der Waals surface area contributed by atoms with Gasteiger partial charge in [-0.1, -0.05) is 26.0 Å². The molecule has 3 N–H and O–H groups in total. The number of likely N-dealkylation sites (N-methyl/N-ethyl adjacent to an activating group) is 1. The topological polar surface area (TPSA) is 150 Å². The highest BCUT2D eigenvalue weighted by Gasteiger charge is 2.32. The second-order valence-corrected chi connectivity index (χ2v) is 12.1. The van der Waals surface area contributed by atoms with Crippen molar-refractivity contribution in [3.63, 3.8) is 0 Å². The first-order chi connectivity index (χ1) is 21.0. The van der Waals surface area contributed by atoms with E-state index in [0.717, 1.165) is 5.56 Å². The lowest BCUT2D eigenvalue weighted by molar-refractivity contribution is -0.141. The highest BCUT2D eigenvalue weighted by Crippen LogP contribution is 2.15. The maximum atomic E-state index is 13.8. The van der Waals surface area contributed by atoms with Crippen molar-refractivity contribution < 1.29 is 28.7 Å². The average Bonchev–Trinajstić information content (AvgIpc) is 3.55. The number of rotatable bonds is 6. The Kier molecular flexibility index (Phi) is 13.1. The van der Waals surface area contributed by atoms with Gasteiger partial charge in [0.25, 0.3) is 5.91 Å². The predicted octanol–water partition coefficient (Wildman–Crippen LogP) is 2.00. The summed E-state index contributed by atoms with van der Waals surface area (Å²) in [6, 6.07) is 4.51. The largest absolute Gasteiger partial charge is 0.497 e. The molecule has 1 fully saturated rings. The number of carbonyl (C=O) groups excluding carboxylic acids is 5. The molecule has 3 rings (SSSR count). The van der Waals surface area contributed by atoms with Gasteiger partial charge in [0.15, 0.2) is 0 Å². The predicted molar refractivity (Wildman–Crippen MR) is 167 cm³/mol. The van der Waals surface area contributed by atoms with Crippen molar-refractivity contribution >= 4 is 40.9 Å². The van der Waals surface area contributed by atoms with Gasteiger partial charge in [0.1, 0.15) is 29.6 Å². The second kappa shape index (κ2) is 16.7. The Hall–Kier alpha value is -4.00. The standard InChI is InChI=1S/C31H44N6O6S/c1-20(2)16-24-29(40)35-25(17-22-9-11-23(43-5)12-10-22)30(41)36(4)21(3)28(39)32-13-7-15-37(14-6-8-27(38)34-24)31(42)26-18-44-19-33-26/h9-12,18-21,24-25H,6-8,13-17H2,1-5H3,(H,32,39)(H,34,38)(H,35,40)/t21-,24+,25-/m0/s1. The van der Waals surface area contributed by atoms with E-state index in [9.17, 15) is 24.0 Å². The van der Waals surface area contributed by atoms with Gasteiger partial charge in [-0.25, -0.2) is 4.98 Å². The fourth-order valence-electron chi connectivity index (χ4n) is 4.91. The zero-order chi connectivity index (χ0) is 32.2. The number of nitrogens with one attached hydrogen (secondary N) is 3. The van der Waals surface area contributed by atoms with E-state index in [4.69, 9.17) is 4.74 Å². The highest BCUT2D eigenvalue weighted by atomic mass is 32.1. The average molecular weight is 629 g/mol. The number of amides is 5. The lowest BCUT2D eigenvalue weighted by Gasteiger charge is -2.30. The SMILES string of the molecule is COc1ccc(C[C@@H]2NC(=O)[C@@H](CC(C)C)NC(=O)CCCN(C(=O)c3cscn3)CCCNC(=O)[C@H](C)N(C)C2=O)cc1. The van der Waals surface area contributed by atoms with Crippen LogP contribution in [0.3, 0.4) is 0 Å². The van der Waals surface area contributed by atoms with Crippen LogP contribution < -0.4 is 20.7 Å². The number of nitrogens with zero attached hydrogens (tertiary/aromatic N) is 3. The van der Waals surface area contributed by atoms with Gasteiger partial charge in [-0.2, -0.15) is 0 Å². The Morgan fingerprint density at radius 3 is 2.39 bits per heavy atom. The van der Waals surface area contributed by atoms with E-state index in [1.54, 1.807) is 42.0 Å². The van der Waals surface area contributed by atoms with Gasteiger partial charge in [0.05, 0.1) is 12.6 Å². The summed E-state index contributed by atoms with van der Waals surface area (Å²) < 4.78 is 5.23. The number of hydrogen-bond acceptors (Lipinski definition) is 8. The Morgan fingerprint density at radius 1 is 1.05 bits per heavy atom. The molecule has 0 unspecified atom stereocenters. The number of hydrogen-bond donors (Lipinski definition) is 3. The van der Waals surface area contributed by atoms with Gasteiger partial charge in [0, 0.05) is 44.9 Å². The molecule has 0 bridgehead atoms. The van der Waals surface area contributed by atoms with Crippen molar-refractivity contribution in [2.45, 2.75) is 71.0 Å². The van der Waals surface area contributed by atoms with Crippen molar-refractivity contribution in [3.8, 4) is 5.75 Å². The Labute approximate surface area is 262 Å². The fraction of sp³-hybridized carbons (Fsp3) is 0.548. The number of benzene rings is 1. The van der Waals surface area contributed by atoms with Gasteiger partial charge >= 0.3 is 0 Å². The quantitative estimate of drug-likeness (QED) is 0.443. The molecular formula is C31H44N6O6S. The summed E-state index contributed by atoms with van der Waals surface area (Å²) in [5.74, 6) is -1.09. The molecule has 0 radical (unpaired) electrons. The van der Waals surface area contributed by atoms with Gasteiger partial charge in [-0.15, -0.1) is 11.3 Å². The molecule has 0 saturated carbocycles. The maximum absolute atomic E-state index is 13.8. The smallest absolute Gasteiger partial charge is 0.273 e. The van der Waals surface area contributed by atoms with Crippen LogP contribution >= 0.6 is 11.3 Å². The molecule has 12 nitrogen and oxygen atoms in total. The summed E-state index contributed by atoms with van der Waals surface area (Å²) in [5.41, 5.74) is 2.71. The first kappa shape index (κ1) is 34.5. The first-order valence-electron chi connectivity index (χ1n) is 14.9. The van der Waals surface area contributed by atoms with Gasteiger partial charge in [0.2, 0.25) is 23.6 Å². The Bertz CT molecular complexity index is 1270. The molecule has 1 aromatic heterocycles. The zero-order valence-corrected chi connectivity index (χ0v) is 26.9. The van der Waals surface area contributed by atoms with Crippen molar-refractivity contribution in [3.05, 3.63) is 46.4 Å². The zero-order valence-electron chi connectivity index (χ0n) is 26.1. The lowest BCUT2D eigenvalue weighted by atomic mass is 10.00. The molecule has 1 aliphatic rings. The van der Waals surface area contributed by atoms with E-state index in [-0.39, 0.29) is 43.0 Å². The normalized spacial score (nSPS) is 21.6. The third kappa shape index (κ3) is 10.0. The van der Waals surface area contributed by atoms with E-state index in [1.807, 2.05) is 26.0 Å². The molecule has 0 aliphatic carbocycles. The number of methoxy groups -OCH3 is 1. The molecular weight excluding hydrogens is 584 g/mol. The van der Waals surface area contributed by atoms with Crippen LogP contribution in [0.25, 0.3) is 0 Å². The van der Waals surface area contributed by atoms with Crippen LogP contribution in [0.4, 0.5) is 0 Å². The van der Waals surface area contributed by atoms with Crippen LogP contribution in [0.1, 0.15) is 62.5 Å². The van der Waals surface area contributed by atoms with Crippen LogP contribution in [-0.4, -0.2) is 96.2 Å². The van der Waals surface area contributed by atoms with Crippen LogP contribution in [0.15, 0.2) is 35.2 Å². The summed E-state index contributed by atoms with van der Waals surface area (Å²) in [7, 11) is 3.09. The minimum absolute atomic E-state index is 0.0808. The molecule has 1 aromatic carbocycles. The monoisotopic (exact) mass is 628 g/mol. The maximum Gasteiger partial charge on any atom is 0.273 e. The number of thiazole rings is 1. The Morgan fingerprint density at radius 2 is 1.75 bits per heavy atom. The Balaban J connectivity index is 1.86. The molecule has 13 heteroatoms.